The molecule has 0 unspecified atom stereocenters. The van der Waals surface area contributed by atoms with Crippen LogP contribution in [0.5, 0.6) is 0 Å². The van der Waals surface area contributed by atoms with Crippen molar-refractivity contribution >= 4 is 0 Å². The molecular formula is C11H18O. The largest absolute Gasteiger partial charge is 0.396 e. The minimum Gasteiger partial charge on any atom is -0.396 e. The smallest absolute Gasteiger partial charge is 0.0464 e. The van der Waals surface area contributed by atoms with Gasteiger partial charge >= 0.3 is 0 Å². The average Bonchev–Trinajstić information content (AvgIpc) is 2.02. The standard InChI is InChI=1S/C11H18O/c12-6-11-9-2-7-1-8(4-9)5-10(11)3-7/h7-12H,1-6H2/t7-,8+,9-,10+,11?. The molecule has 0 spiro atoms. The molecule has 0 aromatic rings. The molecular weight excluding hydrogens is 148 g/mol. The molecule has 4 aliphatic carbocycles. The van der Waals surface area contributed by atoms with E-state index in [2.05, 4.69) is 0 Å². The van der Waals surface area contributed by atoms with E-state index in [1.807, 2.05) is 0 Å². The van der Waals surface area contributed by atoms with E-state index >= 15 is 0 Å². The highest BCUT2D eigenvalue weighted by Crippen LogP contribution is 2.56. The second-order valence-corrected chi connectivity index (χ2v) is 5.28. The fourth-order valence-corrected chi connectivity index (χ4v) is 4.34. The maximum atomic E-state index is 9.30. The Labute approximate surface area is 74.2 Å². The molecule has 1 heteroatoms. The van der Waals surface area contributed by atoms with Crippen molar-refractivity contribution in [3.8, 4) is 0 Å². The third-order valence-electron chi connectivity index (χ3n) is 4.63. The van der Waals surface area contributed by atoms with E-state index in [0.29, 0.717) is 12.5 Å². The first-order valence-corrected chi connectivity index (χ1v) is 5.47. The van der Waals surface area contributed by atoms with Crippen molar-refractivity contribution in [3.05, 3.63) is 0 Å². The lowest BCUT2D eigenvalue weighted by Gasteiger charge is -2.54. The lowest BCUT2D eigenvalue weighted by molar-refractivity contribution is -0.0569. The van der Waals surface area contributed by atoms with Gasteiger partial charge in [0.25, 0.3) is 0 Å². The predicted molar refractivity (Wildman–Crippen MR) is 47.6 cm³/mol. The van der Waals surface area contributed by atoms with Crippen LogP contribution >= 0.6 is 0 Å². The van der Waals surface area contributed by atoms with Crippen molar-refractivity contribution < 1.29 is 5.11 Å². The molecule has 0 aliphatic heterocycles. The van der Waals surface area contributed by atoms with Crippen LogP contribution in [-0.4, -0.2) is 11.7 Å². The summed E-state index contributed by atoms with van der Waals surface area (Å²) in [6.45, 7) is 0.467. The van der Waals surface area contributed by atoms with Gasteiger partial charge in [0.05, 0.1) is 0 Å². The van der Waals surface area contributed by atoms with Gasteiger partial charge in [0.2, 0.25) is 0 Å². The van der Waals surface area contributed by atoms with Crippen molar-refractivity contribution in [1.82, 2.24) is 0 Å². The van der Waals surface area contributed by atoms with E-state index in [1.165, 1.54) is 32.1 Å². The van der Waals surface area contributed by atoms with Gasteiger partial charge in [-0.3, -0.25) is 0 Å². The summed E-state index contributed by atoms with van der Waals surface area (Å²) >= 11 is 0. The van der Waals surface area contributed by atoms with Gasteiger partial charge in [0, 0.05) is 6.61 Å². The first-order valence-electron chi connectivity index (χ1n) is 5.47. The molecule has 4 rings (SSSR count). The normalized spacial score (nSPS) is 56.2. The summed E-state index contributed by atoms with van der Waals surface area (Å²) in [5.41, 5.74) is 0. The molecule has 4 bridgehead atoms. The van der Waals surface area contributed by atoms with Gasteiger partial charge in [-0.05, 0) is 61.7 Å². The molecule has 0 heterocycles. The van der Waals surface area contributed by atoms with Crippen molar-refractivity contribution in [2.75, 3.05) is 6.61 Å². The van der Waals surface area contributed by atoms with Gasteiger partial charge in [-0.15, -0.1) is 0 Å². The molecule has 4 fully saturated rings. The van der Waals surface area contributed by atoms with Gasteiger partial charge in [0.1, 0.15) is 0 Å². The van der Waals surface area contributed by atoms with Gasteiger partial charge in [-0.25, -0.2) is 0 Å². The highest BCUT2D eigenvalue weighted by molar-refractivity contribution is 4.97. The van der Waals surface area contributed by atoms with E-state index in [9.17, 15) is 5.11 Å². The quantitative estimate of drug-likeness (QED) is 0.632. The van der Waals surface area contributed by atoms with Crippen LogP contribution in [0.15, 0.2) is 0 Å². The SMILES string of the molecule is OCC1[C@H]2C[C@@H]3C[C@@H](C[C@H]1C3)C2. The molecule has 1 nitrogen and oxygen atoms in total. The molecule has 0 saturated heterocycles. The van der Waals surface area contributed by atoms with Gasteiger partial charge < -0.3 is 5.11 Å². The first-order chi connectivity index (χ1) is 5.86. The van der Waals surface area contributed by atoms with Crippen LogP contribution in [0.1, 0.15) is 32.1 Å². The van der Waals surface area contributed by atoms with Crippen LogP contribution in [-0.2, 0) is 0 Å². The third-order valence-corrected chi connectivity index (χ3v) is 4.63. The second-order valence-electron chi connectivity index (χ2n) is 5.28. The Bertz CT molecular complexity index is 159. The predicted octanol–water partition coefficient (Wildman–Crippen LogP) is 2.05. The molecule has 4 saturated carbocycles. The van der Waals surface area contributed by atoms with Crippen LogP contribution in [0.4, 0.5) is 0 Å². The number of aliphatic hydroxyl groups excluding tert-OH is 1. The van der Waals surface area contributed by atoms with Crippen LogP contribution < -0.4 is 0 Å². The molecule has 12 heavy (non-hydrogen) atoms. The van der Waals surface area contributed by atoms with Gasteiger partial charge in [-0.1, -0.05) is 0 Å². The third kappa shape index (κ3) is 0.891. The summed E-state index contributed by atoms with van der Waals surface area (Å²) in [6, 6.07) is 0. The topological polar surface area (TPSA) is 20.2 Å². The maximum Gasteiger partial charge on any atom is 0.0464 e. The lowest BCUT2D eigenvalue weighted by atomic mass is 9.52. The minimum absolute atomic E-state index is 0.467. The summed E-state index contributed by atoms with van der Waals surface area (Å²) in [5.74, 6) is 4.61. The zero-order valence-electron chi connectivity index (χ0n) is 7.58. The molecule has 0 radical (unpaired) electrons. The van der Waals surface area contributed by atoms with Crippen molar-refractivity contribution in [2.24, 2.45) is 29.6 Å². The van der Waals surface area contributed by atoms with Crippen LogP contribution in [0.25, 0.3) is 0 Å². The van der Waals surface area contributed by atoms with E-state index < -0.39 is 0 Å². The van der Waals surface area contributed by atoms with Crippen LogP contribution in [0.2, 0.25) is 0 Å². The summed E-state index contributed by atoms with van der Waals surface area (Å²) in [7, 11) is 0. The Hall–Kier alpha value is -0.0400. The number of aliphatic hydroxyl groups is 1. The Morgan fingerprint density at radius 2 is 1.33 bits per heavy atom. The lowest BCUT2D eigenvalue weighted by Crippen LogP contribution is -2.46. The number of hydrogen-bond donors (Lipinski definition) is 1. The molecule has 68 valence electrons. The fraction of sp³-hybridized carbons (Fsp3) is 1.00. The molecule has 0 amide bonds. The van der Waals surface area contributed by atoms with E-state index in [1.54, 1.807) is 0 Å². The molecule has 1 N–H and O–H groups in total. The zero-order valence-corrected chi connectivity index (χ0v) is 7.58. The molecule has 4 aliphatic rings. The monoisotopic (exact) mass is 166 g/mol. The maximum absolute atomic E-state index is 9.30. The highest BCUT2D eigenvalue weighted by atomic mass is 16.3. The number of rotatable bonds is 1. The highest BCUT2D eigenvalue weighted by Gasteiger charge is 2.47. The average molecular weight is 166 g/mol. The van der Waals surface area contributed by atoms with Crippen molar-refractivity contribution in [3.63, 3.8) is 0 Å². The Balaban J connectivity index is 1.86. The summed E-state index contributed by atoms with van der Waals surface area (Å²) in [6.07, 6.45) is 7.29. The fourth-order valence-electron chi connectivity index (χ4n) is 4.34. The molecule has 0 aromatic heterocycles. The minimum atomic E-state index is 0.467. The zero-order chi connectivity index (χ0) is 8.13. The van der Waals surface area contributed by atoms with E-state index in [0.717, 1.165) is 23.7 Å². The molecule has 0 aromatic carbocycles. The summed E-state index contributed by atoms with van der Waals surface area (Å²) in [4.78, 5) is 0. The second kappa shape index (κ2) is 2.47. The van der Waals surface area contributed by atoms with Crippen LogP contribution in [0.3, 0.4) is 0 Å². The van der Waals surface area contributed by atoms with Gasteiger partial charge in [0.15, 0.2) is 0 Å². The summed E-state index contributed by atoms with van der Waals surface area (Å²) in [5, 5.41) is 9.30. The molecule has 0 atom stereocenters. The first kappa shape index (κ1) is 7.37. The Kier molecular flexibility index (Phi) is 1.52. The van der Waals surface area contributed by atoms with Crippen molar-refractivity contribution in [1.29, 1.82) is 0 Å². The van der Waals surface area contributed by atoms with E-state index in [-0.39, 0.29) is 0 Å². The summed E-state index contributed by atoms with van der Waals surface area (Å²) < 4.78 is 0. The van der Waals surface area contributed by atoms with E-state index in [4.69, 9.17) is 0 Å². The van der Waals surface area contributed by atoms with Crippen molar-refractivity contribution in [2.45, 2.75) is 32.1 Å². The Morgan fingerprint density at radius 3 is 1.75 bits per heavy atom. The van der Waals surface area contributed by atoms with Gasteiger partial charge in [-0.2, -0.15) is 0 Å². The van der Waals surface area contributed by atoms with Crippen LogP contribution in [0, 0.1) is 29.6 Å². The number of hydrogen-bond acceptors (Lipinski definition) is 1. The Morgan fingerprint density at radius 1 is 0.833 bits per heavy atom.